The number of nitrogens with two attached hydrogens (primary N) is 1. The summed E-state index contributed by atoms with van der Waals surface area (Å²) in [5, 5.41) is 22.6. The van der Waals surface area contributed by atoms with Gasteiger partial charge < -0.3 is 26.0 Å². The van der Waals surface area contributed by atoms with E-state index in [1.807, 2.05) is 30.3 Å². The highest BCUT2D eigenvalue weighted by atomic mass is 16.5. The Labute approximate surface area is 140 Å². The SMILES string of the molecule is Cc1nc(N)ccc1C(O)C(O)CNC(=O)OCc1ccccc1. The summed E-state index contributed by atoms with van der Waals surface area (Å²) in [5.74, 6) is 0.334. The minimum Gasteiger partial charge on any atom is -0.445 e. The Hall–Kier alpha value is -2.64. The first kappa shape index (κ1) is 17.7. The van der Waals surface area contributed by atoms with Gasteiger partial charge in [0.25, 0.3) is 0 Å². The number of nitrogens with one attached hydrogen (secondary N) is 1. The fraction of sp³-hybridized carbons (Fsp3) is 0.294. The Kier molecular flexibility index (Phi) is 6.11. The number of hydrogen-bond donors (Lipinski definition) is 4. The third-order valence-corrected chi connectivity index (χ3v) is 3.50. The van der Waals surface area contributed by atoms with E-state index in [4.69, 9.17) is 10.5 Å². The van der Waals surface area contributed by atoms with E-state index in [1.54, 1.807) is 19.1 Å². The topological polar surface area (TPSA) is 118 Å². The number of hydrogen-bond acceptors (Lipinski definition) is 6. The van der Waals surface area contributed by atoms with E-state index in [2.05, 4.69) is 10.3 Å². The molecule has 1 amide bonds. The van der Waals surface area contributed by atoms with Gasteiger partial charge in [-0.25, -0.2) is 9.78 Å². The van der Waals surface area contributed by atoms with Crippen LogP contribution in [0.2, 0.25) is 0 Å². The summed E-state index contributed by atoms with van der Waals surface area (Å²) in [4.78, 5) is 15.7. The number of nitrogens with zero attached hydrogens (tertiary/aromatic N) is 1. The zero-order valence-electron chi connectivity index (χ0n) is 13.3. The Morgan fingerprint density at radius 1 is 1.25 bits per heavy atom. The first-order valence-corrected chi connectivity index (χ1v) is 7.51. The summed E-state index contributed by atoms with van der Waals surface area (Å²) in [7, 11) is 0. The zero-order chi connectivity index (χ0) is 17.5. The molecule has 2 atom stereocenters. The Morgan fingerprint density at radius 3 is 2.62 bits per heavy atom. The van der Waals surface area contributed by atoms with Gasteiger partial charge >= 0.3 is 6.09 Å². The van der Waals surface area contributed by atoms with Gasteiger partial charge in [-0.3, -0.25) is 0 Å². The van der Waals surface area contributed by atoms with Crippen LogP contribution < -0.4 is 11.1 Å². The second-order valence-electron chi connectivity index (χ2n) is 5.37. The van der Waals surface area contributed by atoms with Crippen molar-refractivity contribution in [3.8, 4) is 0 Å². The Morgan fingerprint density at radius 2 is 1.96 bits per heavy atom. The molecule has 1 aromatic carbocycles. The van der Waals surface area contributed by atoms with Crippen LogP contribution >= 0.6 is 0 Å². The summed E-state index contributed by atoms with van der Waals surface area (Å²) in [5.41, 5.74) is 7.39. The number of carbonyl (C=O) groups is 1. The van der Waals surface area contributed by atoms with Gasteiger partial charge in [0, 0.05) is 17.8 Å². The number of pyridine rings is 1. The molecule has 1 aromatic heterocycles. The highest BCUT2D eigenvalue weighted by molar-refractivity contribution is 5.67. The number of amides is 1. The van der Waals surface area contributed by atoms with E-state index in [1.165, 1.54) is 0 Å². The monoisotopic (exact) mass is 331 g/mol. The van der Waals surface area contributed by atoms with E-state index >= 15 is 0 Å². The van der Waals surface area contributed by atoms with Gasteiger partial charge in [-0.2, -0.15) is 0 Å². The number of carbonyl (C=O) groups excluding carboxylic acids is 1. The van der Waals surface area contributed by atoms with E-state index in [0.717, 1.165) is 5.56 Å². The van der Waals surface area contributed by atoms with Crippen LogP contribution in [0.5, 0.6) is 0 Å². The zero-order valence-corrected chi connectivity index (χ0v) is 13.3. The van der Waals surface area contributed by atoms with Crippen molar-refractivity contribution in [3.05, 3.63) is 59.3 Å². The van der Waals surface area contributed by atoms with Gasteiger partial charge in [0.1, 0.15) is 24.6 Å². The molecule has 2 aromatic rings. The predicted octanol–water partition coefficient (Wildman–Crippen LogP) is 1.29. The van der Waals surface area contributed by atoms with Crippen LogP contribution in [-0.2, 0) is 11.3 Å². The molecule has 2 unspecified atom stereocenters. The predicted molar refractivity (Wildman–Crippen MR) is 89.0 cm³/mol. The number of rotatable bonds is 6. The van der Waals surface area contributed by atoms with Crippen molar-refractivity contribution < 1.29 is 19.7 Å². The molecule has 0 spiro atoms. The molecule has 0 saturated heterocycles. The van der Waals surface area contributed by atoms with Crippen LogP contribution in [0.15, 0.2) is 42.5 Å². The highest BCUT2D eigenvalue weighted by Gasteiger charge is 2.21. The largest absolute Gasteiger partial charge is 0.445 e. The van der Waals surface area contributed by atoms with E-state index in [9.17, 15) is 15.0 Å². The second kappa shape index (κ2) is 8.28. The summed E-state index contributed by atoms with van der Waals surface area (Å²) in [6.45, 7) is 1.66. The fourth-order valence-electron chi connectivity index (χ4n) is 2.18. The van der Waals surface area contributed by atoms with Crippen molar-refractivity contribution in [1.82, 2.24) is 10.3 Å². The average Bonchev–Trinajstić information content (AvgIpc) is 2.58. The first-order valence-electron chi connectivity index (χ1n) is 7.51. The summed E-state index contributed by atoms with van der Waals surface area (Å²) in [6, 6.07) is 12.4. The van der Waals surface area contributed by atoms with E-state index in [-0.39, 0.29) is 13.2 Å². The van der Waals surface area contributed by atoms with Gasteiger partial charge in [-0.05, 0) is 18.6 Å². The summed E-state index contributed by atoms with van der Waals surface area (Å²) < 4.78 is 5.03. The standard InChI is InChI=1S/C17H21N3O4/c1-11-13(7-8-15(18)20-11)16(22)14(21)9-19-17(23)24-10-12-5-3-2-4-6-12/h2-8,14,16,21-22H,9-10H2,1H3,(H2,18,20)(H,19,23). The number of alkyl carbamates (subject to hydrolysis) is 1. The molecule has 0 aliphatic carbocycles. The number of ether oxygens (including phenoxy) is 1. The van der Waals surface area contributed by atoms with Gasteiger partial charge in [0.15, 0.2) is 0 Å². The molecule has 2 rings (SSSR count). The van der Waals surface area contributed by atoms with E-state index in [0.29, 0.717) is 17.1 Å². The van der Waals surface area contributed by atoms with Crippen molar-refractivity contribution in [1.29, 1.82) is 0 Å². The number of benzene rings is 1. The molecule has 0 fully saturated rings. The average molecular weight is 331 g/mol. The van der Waals surface area contributed by atoms with Crippen LogP contribution in [0.3, 0.4) is 0 Å². The van der Waals surface area contributed by atoms with Crippen LogP contribution in [0, 0.1) is 6.92 Å². The number of aryl methyl sites for hydroxylation is 1. The molecule has 0 aliphatic rings. The molecule has 0 saturated carbocycles. The smallest absolute Gasteiger partial charge is 0.407 e. The number of aliphatic hydroxyl groups excluding tert-OH is 2. The molecule has 7 heteroatoms. The minimum absolute atomic E-state index is 0.131. The lowest BCUT2D eigenvalue weighted by Crippen LogP contribution is -2.36. The molecule has 128 valence electrons. The fourth-order valence-corrected chi connectivity index (χ4v) is 2.18. The molecule has 24 heavy (non-hydrogen) atoms. The number of aliphatic hydroxyl groups is 2. The Balaban J connectivity index is 1.81. The highest BCUT2D eigenvalue weighted by Crippen LogP contribution is 2.20. The van der Waals surface area contributed by atoms with E-state index < -0.39 is 18.3 Å². The van der Waals surface area contributed by atoms with Crippen LogP contribution in [-0.4, -0.2) is 33.9 Å². The molecule has 1 heterocycles. The van der Waals surface area contributed by atoms with Crippen LogP contribution in [0.25, 0.3) is 0 Å². The van der Waals surface area contributed by atoms with Crippen molar-refractivity contribution in [3.63, 3.8) is 0 Å². The van der Waals surface area contributed by atoms with Crippen molar-refractivity contribution in [2.45, 2.75) is 25.7 Å². The number of anilines is 1. The van der Waals surface area contributed by atoms with Crippen molar-refractivity contribution >= 4 is 11.9 Å². The maximum absolute atomic E-state index is 11.6. The minimum atomic E-state index is -1.20. The number of nitrogen functional groups attached to an aromatic ring is 1. The van der Waals surface area contributed by atoms with Crippen molar-refractivity contribution in [2.75, 3.05) is 12.3 Å². The third-order valence-electron chi connectivity index (χ3n) is 3.50. The maximum atomic E-state index is 11.6. The summed E-state index contributed by atoms with van der Waals surface area (Å²) >= 11 is 0. The third kappa shape index (κ3) is 4.94. The molecule has 0 radical (unpaired) electrons. The molecule has 0 bridgehead atoms. The van der Waals surface area contributed by atoms with Gasteiger partial charge in [-0.15, -0.1) is 0 Å². The van der Waals surface area contributed by atoms with Gasteiger partial charge in [-0.1, -0.05) is 36.4 Å². The number of aromatic nitrogens is 1. The molecule has 5 N–H and O–H groups in total. The molecule has 7 nitrogen and oxygen atoms in total. The molecular weight excluding hydrogens is 310 g/mol. The molecule has 0 aliphatic heterocycles. The van der Waals surface area contributed by atoms with Crippen LogP contribution in [0.4, 0.5) is 10.6 Å². The maximum Gasteiger partial charge on any atom is 0.407 e. The van der Waals surface area contributed by atoms with Gasteiger partial charge in [0.2, 0.25) is 0 Å². The van der Waals surface area contributed by atoms with Crippen molar-refractivity contribution in [2.24, 2.45) is 0 Å². The summed E-state index contributed by atoms with van der Waals surface area (Å²) in [6.07, 6.45) is -3.05. The van der Waals surface area contributed by atoms with Crippen LogP contribution in [0.1, 0.15) is 22.9 Å². The normalized spacial score (nSPS) is 13.1. The lowest BCUT2D eigenvalue weighted by atomic mass is 10.0. The van der Waals surface area contributed by atoms with Gasteiger partial charge in [0.05, 0.1) is 0 Å². The molecular formula is C17H21N3O4. The quantitative estimate of drug-likeness (QED) is 0.633. The second-order valence-corrected chi connectivity index (χ2v) is 5.37. The first-order chi connectivity index (χ1) is 11.5. The lowest BCUT2D eigenvalue weighted by molar-refractivity contribution is 0.0178. The lowest BCUT2D eigenvalue weighted by Gasteiger charge is -2.20. The Bertz CT molecular complexity index is 679.